The zero-order valence-corrected chi connectivity index (χ0v) is 22.0. The van der Waals surface area contributed by atoms with E-state index in [9.17, 15) is 19.5 Å². The number of fused-ring (bicyclic) bond motifs is 1. The molecular weight excluding hydrogens is 476 g/mol. The number of aliphatic hydroxyl groups excluding tert-OH is 1. The van der Waals surface area contributed by atoms with Crippen LogP contribution < -0.4 is 4.90 Å². The SMILES string of the molecule is C=CCCCOC(=O)[C@@H]1[C@@H]2CCC3(S2)C(C(=O)N(CC=C)c2cc(C)ccc2C)N(CCO)C(=O)[C@H]13. The monoisotopic (exact) mass is 512 g/mol. The number of carbonyl (C=O) groups excluding carboxylic acids is 3. The second-order valence-corrected chi connectivity index (χ2v) is 11.5. The first kappa shape index (κ1) is 26.5. The molecule has 2 bridgehead atoms. The van der Waals surface area contributed by atoms with Gasteiger partial charge in [-0.2, -0.15) is 0 Å². The number of esters is 1. The maximum absolute atomic E-state index is 14.3. The Morgan fingerprint density at radius 2 is 2.08 bits per heavy atom. The minimum atomic E-state index is -0.768. The molecule has 3 saturated heterocycles. The number of aryl methyl sites for hydroxylation is 2. The molecule has 3 heterocycles. The molecule has 7 nitrogen and oxygen atoms in total. The highest BCUT2D eigenvalue weighted by atomic mass is 32.2. The zero-order valence-electron chi connectivity index (χ0n) is 21.2. The topological polar surface area (TPSA) is 87.2 Å². The van der Waals surface area contributed by atoms with Crippen LogP contribution in [0.15, 0.2) is 43.5 Å². The third-order valence-electron chi connectivity index (χ3n) is 7.68. The molecule has 1 spiro atoms. The molecule has 5 atom stereocenters. The Hall–Kier alpha value is -2.58. The Labute approximate surface area is 217 Å². The molecule has 3 aliphatic heterocycles. The largest absolute Gasteiger partial charge is 0.465 e. The van der Waals surface area contributed by atoms with Gasteiger partial charge in [-0.05, 0) is 56.7 Å². The molecule has 194 valence electrons. The average Bonchev–Trinajstić information content (AvgIpc) is 3.49. The molecule has 0 aromatic heterocycles. The number of hydrogen-bond acceptors (Lipinski definition) is 6. The predicted octanol–water partition coefficient (Wildman–Crippen LogP) is 3.42. The summed E-state index contributed by atoms with van der Waals surface area (Å²) < 4.78 is 4.87. The summed E-state index contributed by atoms with van der Waals surface area (Å²) in [4.78, 5) is 44.5. The van der Waals surface area contributed by atoms with Crippen LogP contribution in [0.5, 0.6) is 0 Å². The Bertz CT molecular complexity index is 1060. The molecule has 0 saturated carbocycles. The van der Waals surface area contributed by atoms with Gasteiger partial charge in [0.15, 0.2) is 0 Å². The number of anilines is 1. The van der Waals surface area contributed by atoms with E-state index in [4.69, 9.17) is 4.74 Å². The number of nitrogens with zero attached hydrogens (tertiary/aromatic N) is 2. The fourth-order valence-corrected chi connectivity index (χ4v) is 8.34. The minimum absolute atomic E-state index is 0.0500. The molecule has 4 rings (SSSR count). The van der Waals surface area contributed by atoms with Gasteiger partial charge < -0.3 is 19.6 Å². The standard InChI is InChI=1S/C28H36N2O5S/c1-5-7-8-16-35-27(34)22-21-11-12-28(36-21)23(22)25(32)30(14-15-31)24(28)26(33)29(13-6-2)20-17-18(3)9-10-19(20)4/h5-6,9-10,17,21-24,31H,1-2,7-8,11-16H2,3-4H3/t21-,22+,23-,24?,28?/m0/s1. The van der Waals surface area contributed by atoms with Crippen LogP contribution in [0.4, 0.5) is 5.69 Å². The molecule has 36 heavy (non-hydrogen) atoms. The molecule has 3 aliphatic rings. The highest BCUT2D eigenvalue weighted by Gasteiger charge is 2.74. The molecule has 0 aliphatic carbocycles. The van der Waals surface area contributed by atoms with Gasteiger partial charge in [0, 0.05) is 24.0 Å². The number of benzene rings is 1. The predicted molar refractivity (Wildman–Crippen MR) is 142 cm³/mol. The van der Waals surface area contributed by atoms with Gasteiger partial charge >= 0.3 is 5.97 Å². The van der Waals surface area contributed by atoms with E-state index in [0.717, 1.165) is 29.7 Å². The number of likely N-dealkylation sites (tertiary alicyclic amines) is 1. The number of thioether (sulfide) groups is 1. The third kappa shape index (κ3) is 4.39. The summed E-state index contributed by atoms with van der Waals surface area (Å²) in [6.45, 7) is 11.9. The van der Waals surface area contributed by atoms with Crippen LogP contribution in [0, 0.1) is 25.7 Å². The molecule has 8 heteroatoms. The highest BCUT2D eigenvalue weighted by Crippen LogP contribution is 2.66. The van der Waals surface area contributed by atoms with Crippen molar-refractivity contribution in [2.45, 2.75) is 55.6 Å². The summed E-state index contributed by atoms with van der Waals surface area (Å²) in [6.07, 6.45) is 6.33. The lowest BCUT2D eigenvalue weighted by Crippen LogP contribution is -2.55. The van der Waals surface area contributed by atoms with Crippen LogP contribution in [-0.4, -0.2) is 70.1 Å². The lowest BCUT2D eigenvalue weighted by atomic mass is 9.71. The van der Waals surface area contributed by atoms with E-state index in [1.165, 1.54) is 4.90 Å². The molecule has 2 unspecified atom stereocenters. The van der Waals surface area contributed by atoms with Crippen molar-refractivity contribution in [2.24, 2.45) is 11.8 Å². The van der Waals surface area contributed by atoms with Crippen LogP contribution >= 0.6 is 11.8 Å². The highest BCUT2D eigenvalue weighted by molar-refractivity contribution is 8.02. The lowest BCUT2D eigenvalue weighted by Gasteiger charge is -2.37. The molecule has 1 N–H and O–H groups in total. The fraction of sp³-hybridized carbons (Fsp3) is 0.536. The minimum Gasteiger partial charge on any atom is -0.465 e. The van der Waals surface area contributed by atoms with E-state index in [1.807, 2.05) is 32.0 Å². The summed E-state index contributed by atoms with van der Waals surface area (Å²) in [7, 11) is 0. The van der Waals surface area contributed by atoms with Crippen LogP contribution in [-0.2, 0) is 19.1 Å². The Balaban J connectivity index is 1.70. The molecular formula is C28H36N2O5S. The second-order valence-electron chi connectivity index (χ2n) is 9.94. The van der Waals surface area contributed by atoms with Crippen LogP contribution in [0.25, 0.3) is 0 Å². The van der Waals surface area contributed by atoms with Crippen molar-refractivity contribution < 1.29 is 24.2 Å². The van der Waals surface area contributed by atoms with E-state index >= 15 is 0 Å². The second kappa shape index (κ2) is 10.8. The fourth-order valence-electron chi connectivity index (χ4n) is 6.14. The summed E-state index contributed by atoms with van der Waals surface area (Å²) in [5.41, 5.74) is 2.76. The van der Waals surface area contributed by atoms with Gasteiger partial charge in [-0.15, -0.1) is 24.9 Å². The first-order valence-corrected chi connectivity index (χ1v) is 13.5. The molecule has 1 aromatic carbocycles. The van der Waals surface area contributed by atoms with Gasteiger partial charge in [0.05, 0.1) is 29.8 Å². The number of ether oxygens (including phenoxy) is 1. The molecule has 3 fully saturated rings. The van der Waals surface area contributed by atoms with Crippen molar-refractivity contribution in [1.29, 1.82) is 0 Å². The molecule has 2 amide bonds. The van der Waals surface area contributed by atoms with E-state index in [0.29, 0.717) is 19.4 Å². The van der Waals surface area contributed by atoms with Gasteiger partial charge in [0.1, 0.15) is 6.04 Å². The smallest absolute Gasteiger partial charge is 0.310 e. The van der Waals surface area contributed by atoms with Crippen molar-refractivity contribution in [3.8, 4) is 0 Å². The summed E-state index contributed by atoms with van der Waals surface area (Å²) in [5.74, 6) is -1.98. The number of unbranched alkanes of at least 4 members (excludes halogenated alkanes) is 1. The zero-order chi connectivity index (χ0) is 26.0. The third-order valence-corrected chi connectivity index (χ3v) is 9.63. The summed E-state index contributed by atoms with van der Waals surface area (Å²) >= 11 is 1.60. The van der Waals surface area contributed by atoms with Gasteiger partial charge in [0.25, 0.3) is 5.91 Å². The number of aliphatic hydroxyl groups is 1. The molecule has 1 aromatic rings. The van der Waals surface area contributed by atoms with Gasteiger partial charge in [-0.25, -0.2) is 0 Å². The van der Waals surface area contributed by atoms with Crippen molar-refractivity contribution >= 4 is 35.2 Å². The van der Waals surface area contributed by atoms with Gasteiger partial charge in [-0.1, -0.05) is 24.3 Å². The van der Waals surface area contributed by atoms with E-state index in [-0.39, 0.29) is 42.8 Å². The van der Waals surface area contributed by atoms with Crippen LogP contribution in [0.2, 0.25) is 0 Å². The quantitative estimate of drug-likeness (QED) is 0.278. The number of hydrogen-bond donors (Lipinski definition) is 1. The van der Waals surface area contributed by atoms with Crippen molar-refractivity contribution in [1.82, 2.24) is 4.90 Å². The average molecular weight is 513 g/mol. The van der Waals surface area contributed by atoms with E-state index < -0.39 is 22.6 Å². The number of rotatable bonds is 11. The first-order valence-electron chi connectivity index (χ1n) is 12.7. The maximum atomic E-state index is 14.3. The first-order chi connectivity index (χ1) is 17.3. The Kier molecular flexibility index (Phi) is 7.95. The Morgan fingerprint density at radius 1 is 1.31 bits per heavy atom. The number of allylic oxidation sites excluding steroid dienone is 1. The number of β-amino-alcohol motifs (C(OH)–C–C–N with tert-alkyl or cyclic N) is 1. The normalized spacial score (nSPS) is 28.2. The maximum Gasteiger partial charge on any atom is 0.310 e. The summed E-state index contributed by atoms with van der Waals surface area (Å²) in [5, 5.41) is 9.76. The van der Waals surface area contributed by atoms with Gasteiger partial charge in [-0.3, -0.25) is 14.4 Å². The van der Waals surface area contributed by atoms with Crippen molar-refractivity contribution in [3.63, 3.8) is 0 Å². The number of carbonyl (C=O) groups is 3. The Morgan fingerprint density at radius 3 is 2.78 bits per heavy atom. The van der Waals surface area contributed by atoms with Crippen molar-refractivity contribution in [2.75, 3.05) is 31.2 Å². The van der Waals surface area contributed by atoms with Crippen LogP contribution in [0.1, 0.15) is 36.8 Å². The lowest BCUT2D eigenvalue weighted by molar-refractivity contribution is -0.154. The molecule has 0 radical (unpaired) electrons. The van der Waals surface area contributed by atoms with E-state index in [2.05, 4.69) is 13.2 Å². The van der Waals surface area contributed by atoms with E-state index in [1.54, 1.807) is 28.8 Å². The van der Waals surface area contributed by atoms with Crippen molar-refractivity contribution in [3.05, 3.63) is 54.6 Å². The summed E-state index contributed by atoms with van der Waals surface area (Å²) in [6, 6.07) is 5.19. The van der Waals surface area contributed by atoms with Gasteiger partial charge in [0.2, 0.25) is 5.91 Å². The van der Waals surface area contributed by atoms with Crippen LogP contribution in [0.3, 0.4) is 0 Å². The number of amides is 2.